The van der Waals surface area contributed by atoms with Crippen molar-refractivity contribution in [1.29, 1.82) is 0 Å². The third kappa shape index (κ3) is 20.1. The fourth-order valence-corrected chi connectivity index (χ4v) is 20.9. The molecule has 109 heavy (non-hydrogen) atoms. The van der Waals surface area contributed by atoms with E-state index < -0.39 is 184 Å². The van der Waals surface area contributed by atoms with E-state index in [9.17, 15) is 52.8 Å². The largest absolute Gasteiger partial charge is 0.780 e. The minimum atomic E-state index is -4.92. The topological polar surface area (TPSA) is 575 Å². The van der Waals surface area contributed by atoms with Gasteiger partial charge in [-0.3, -0.25) is 66.5 Å². The zero-order valence-corrected chi connectivity index (χ0v) is 67.2. The van der Waals surface area contributed by atoms with Crippen molar-refractivity contribution in [3.05, 3.63) is 121 Å². The summed E-state index contributed by atoms with van der Waals surface area (Å²) in [6.07, 6.45) is -12.8. The zero-order valence-electron chi connectivity index (χ0n) is 57.9. The number of anilines is 3. The number of ether oxygens (including phenoxy) is 5. The fourth-order valence-electron chi connectivity index (χ4n) is 12.8. The number of rotatable bonds is 31. The molecule has 12 heterocycles. The van der Waals surface area contributed by atoms with E-state index in [-0.39, 0.29) is 102 Å². The van der Waals surface area contributed by atoms with Gasteiger partial charge in [0.05, 0.1) is 88.0 Å². The quantitative estimate of drug-likeness (QED) is 0.0221. The Morgan fingerprint density at radius 1 is 0.523 bits per heavy atom. The van der Waals surface area contributed by atoms with Gasteiger partial charge in [-0.1, -0.05) is 61.1 Å². The number of nitrogens with one attached hydrogen (secondary N) is 4. The van der Waals surface area contributed by atoms with Gasteiger partial charge in [-0.25, -0.2) is 24.4 Å². The van der Waals surface area contributed by atoms with Crippen LogP contribution in [-0.2, 0) is 145 Å². The van der Waals surface area contributed by atoms with Crippen molar-refractivity contribution < 1.29 is 88.2 Å². The van der Waals surface area contributed by atoms with Gasteiger partial charge in [-0.05, 0) is 52.0 Å². The maximum absolute atomic E-state index is 14.7. The maximum atomic E-state index is 14.7. The molecule has 5 fully saturated rings. The van der Waals surface area contributed by atoms with Gasteiger partial charge in [-0.15, -0.1) is 0 Å². The molecule has 5 aliphatic heterocycles. The monoisotopic (exact) mass is 1730 g/mol. The zero-order chi connectivity index (χ0) is 78.7. The molecule has 0 aromatic carbocycles. The molecule has 0 radical (unpaired) electrons. The van der Waals surface area contributed by atoms with Crippen LogP contribution >= 0.6 is 32.6 Å². The Bertz CT molecular complexity index is 5280. The van der Waals surface area contributed by atoms with Crippen LogP contribution in [-0.4, -0.2) is 162 Å². The average molecular weight is 1730 g/mol. The van der Waals surface area contributed by atoms with Crippen molar-refractivity contribution in [2.75, 3.05) is 50.2 Å². The SMILES string of the molecule is Cc1cn([C@H]2C[C@@H](OP([O-])(=S)OC[C@H]3O[C@@H](n4ccc(N)nc4=O)C[C@H]3C(C)C)[C@@H](COP(=O)([S-])O[C@@H]3C[C@H](n4cnc5c(=O)[nH]c(N)nc54)O[C@@H]3COP([O-])(=S)O[C@@H]3C[C@H](n4cc(C)c(=O)[nH]c4=O)O[C@@H]3COP([O-])(=S)O[C@@H]3C[C@H](n4cnc5c(=O)[nH]c(N)nc54)O[C@@H]3COP(=S)([S-])OC(C)C)O2)c(=O)[nH]c1=O. The number of nitrogen functional groups attached to an aromatic ring is 3. The third-order valence-electron chi connectivity index (χ3n) is 17.8. The first kappa shape index (κ1) is 83.6. The summed E-state index contributed by atoms with van der Waals surface area (Å²) in [7, 11) is 0. The Morgan fingerprint density at radius 3 is 1.31 bits per heavy atom. The summed E-state index contributed by atoms with van der Waals surface area (Å²) >= 11 is 32.7. The lowest BCUT2D eigenvalue weighted by Gasteiger charge is -2.36. The van der Waals surface area contributed by atoms with Crippen molar-refractivity contribution >= 4 is 144 Å². The smallest absolute Gasteiger partial charge is 0.351 e. The summed E-state index contributed by atoms with van der Waals surface area (Å²) in [5, 5.41) is 0. The lowest BCUT2D eigenvalue weighted by atomic mass is 9.89. The van der Waals surface area contributed by atoms with Gasteiger partial charge < -0.3 is 125 Å². The van der Waals surface area contributed by atoms with Gasteiger partial charge in [0, 0.05) is 55.4 Å². The molecular formula is C55H71N17O26P5S6-5. The minimum absolute atomic E-state index is 0.00487. The number of aromatic amines is 4. The first-order chi connectivity index (χ1) is 51.2. The normalized spacial score (nSPS) is 28.8. The predicted molar refractivity (Wildman–Crippen MR) is 396 cm³/mol. The number of aryl methyl sites for hydroxylation is 2. The van der Waals surface area contributed by atoms with Crippen LogP contribution in [0.25, 0.3) is 22.3 Å². The molecule has 0 spiro atoms. The Balaban J connectivity index is 0.758. The molecule has 54 heteroatoms. The highest BCUT2D eigenvalue weighted by atomic mass is 32.9. The Hall–Kier alpha value is -4.85. The molecule has 10 N–H and O–H groups in total. The third-order valence-corrected chi connectivity index (χ3v) is 26.4. The number of imidazole rings is 2. The Morgan fingerprint density at radius 2 is 0.899 bits per heavy atom. The number of hydrogen-bond acceptors (Lipinski definition) is 40. The van der Waals surface area contributed by atoms with Crippen LogP contribution in [0.2, 0.25) is 0 Å². The summed E-state index contributed by atoms with van der Waals surface area (Å²) in [4.78, 5) is 163. The number of H-pyrrole nitrogens is 4. The molecule has 7 aromatic heterocycles. The van der Waals surface area contributed by atoms with Crippen LogP contribution in [0.15, 0.2) is 70.9 Å². The van der Waals surface area contributed by atoms with Crippen LogP contribution in [0.4, 0.5) is 17.7 Å². The molecule has 12 rings (SSSR count). The summed E-state index contributed by atoms with van der Waals surface area (Å²) in [5.74, 6) is -0.844. The fraction of sp³-hybridized carbons (Fsp3) is 0.600. The summed E-state index contributed by atoms with van der Waals surface area (Å²) < 4.78 is 111. The maximum Gasteiger partial charge on any atom is 0.351 e. The van der Waals surface area contributed by atoms with Crippen molar-refractivity contribution in [1.82, 2.24) is 67.7 Å². The van der Waals surface area contributed by atoms with E-state index in [0.29, 0.717) is 6.42 Å². The lowest BCUT2D eigenvalue weighted by Crippen LogP contribution is -2.34. The van der Waals surface area contributed by atoms with Gasteiger partial charge >= 0.3 is 17.1 Å². The van der Waals surface area contributed by atoms with Gasteiger partial charge in [0.25, 0.3) is 22.2 Å². The van der Waals surface area contributed by atoms with Gasteiger partial charge in [0.1, 0.15) is 81.5 Å². The highest BCUT2D eigenvalue weighted by Gasteiger charge is 2.47. The van der Waals surface area contributed by atoms with E-state index in [2.05, 4.69) is 44.9 Å². The van der Waals surface area contributed by atoms with Crippen molar-refractivity contribution in [3.8, 4) is 0 Å². The van der Waals surface area contributed by atoms with Crippen LogP contribution in [0, 0.1) is 25.7 Å². The lowest BCUT2D eigenvalue weighted by molar-refractivity contribution is -0.219. The number of nitrogens with zero attached hydrogens (tertiary/aromatic N) is 10. The van der Waals surface area contributed by atoms with E-state index >= 15 is 0 Å². The van der Waals surface area contributed by atoms with Gasteiger partial charge in [0.2, 0.25) is 11.9 Å². The van der Waals surface area contributed by atoms with E-state index in [1.165, 1.54) is 64.9 Å². The molecule has 0 amide bonds. The molecule has 5 saturated heterocycles. The Labute approximate surface area is 645 Å². The number of hydrogen-bond donors (Lipinski definition) is 7. The van der Waals surface area contributed by atoms with Gasteiger partial charge in [-0.2, -0.15) is 15.0 Å². The van der Waals surface area contributed by atoms with E-state index in [0.717, 1.165) is 9.13 Å². The molecule has 0 saturated carbocycles. The van der Waals surface area contributed by atoms with Crippen molar-refractivity contribution in [3.63, 3.8) is 0 Å². The van der Waals surface area contributed by atoms with Crippen LogP contribution in [0.1, 0.15) is 102 Å². The van der Waals surface area contributed by atoms with E-state index in [4.69, 9.17) is 158 Å². The highest BCUT2D eigenvalue weighted by Crippen LogP contribution is 2.55. The second-order valence-electron chi connectivity index (χ2n) is 26.2. The summed E-state index contributed by atoms with van der Waals surface area (Å²) in [5.41, 5.74) is 8.69. The van der Waals surface area contributed by atoms with E-state index in [1.54, 1.807) is 13.8 Å². The summed E-state index contributed by atoms with van der Waals surface area (Å²) in [6, 6.07) is 1.43. The van der Waals surface area contributed by atoms with Crippen LogP contribution in [0.5, 0.6) is 0 Å². The second-order valence-corrected chi connectivity index (χ2v) is 42.0. The molecule has 20 atom stereocenters. The standard InChI is InChI=1S/C55H76N17O26P5S6/c1-23(2)27-9-38(68-8-7-37(56)61-53(68)77)89-32(27)16-84-99(80,104)95-28-10-39(69-14-25(5)47(73)66-54(69)78)90-33(28)17-85-101(82,106)97-30-12-41(71-21-59-43-45(71)62-51(57)64-49(43)75)92-35(30)19-87-100(81,105)96-29-11-40(70-15-26(6)48(74)67-55(70)79)91-34(29)18-86-102(83,107)98-31-13-42(93-36(31)20-88-103(108,109)94-24(3)4)72-22-60-44-46(72)63-52(58)65-50(44)76/h7-8,14-15,21-24,27-36,38-42H,9-13,16-20H2,1-6H3,(H,80,104)(H,81,105)(H,82,106)(H,83,107)(H,108,109)(H2,56,61,77)(H,66,73,78)(H,67,74,79)(H3,57,62,64,75)(H3,58,63,65,76)/p-5/t27-,28+,29+,30+,31+,32+,33+,34+,35+,36+,38+,39+,40+,41+,42+,99?,100?,101?,102?/m0/s1. The van der Waals surface area contributed by atoms with Crippen molar-refractivity contribution in [2.45, 2.75) is 166 Å². The molecule has 43 nitrogen and oxygen atoms in total. The molecule has 7 aromatic rings. The van der Waals surface area contributed by atoms with Crippen molar-refractivity contribution in [2.24, 2.45) is 11.8 Å². The second kappa shape index (κ2) is 33.5. The summed E-state index contributed by atoms with van der Waals surface area (Å²) in [6.45, 7) is -12.3. The number of nitrogens with two attached hydrogens (primary N) is 3. The van der Waals surface area contributed by atoms with Gasteiger partial charge in [0.15, 0.2) is 29.1 Å². The molecule has 5 unspecified atom stereocenters. The minimum Gasteiger partial charge on any atom is -0.780 e. The molecule has 0 bridgehead atoms. The first-order valence-corrected chi connectivity index (χ1v) is 46.9. The molecule has 0 aliphatic carbocycles. The molecule has 5 aliphatic rings. The van der Waals surface area contributed by atoms with E-state index in [1.807, 2.05) is 13.8 Å². The predicted octanol–water partition coefficient (Wildman–Crippen LogP) is -0.0872. The molecule has 598 valence electrons. The number of fused-ring (bicyclic) bond motifs is 2. The van der Waals surface area contributed by atoms with Crippen LogP contribution in [0.3, 0.4) is 0 Å². The van der Waals surface area contributed by atoms with Crippen LogP contribution < -0.4 is 71.2 Å². The number of aromatic nitrogens is 14. The first-order valence-electron chi connectivity index (χ1n) is 33.1. The molecular weight excluding hydrogens is 1660 g/mol. The Kier molecular flexibility index (Phi) is 25.7. The average Bonchev–Trinajstić information content (AvgIpc) is 1.63. The highest BCUT2D eigenvalue weighted by molar-refractivity contribution is 8.51.